The van der Waals surface area contributed by atoms with Crippen LogP contribution in [0.5, 0.6) is 0 Å². The molecule has 0 radical (unpaired) electrons. The number of nitrogens with zero attached hydrogens (tertiary/aromatic N) is 2. The zero-order valence-corrected chi connectivity index (χ0v) is 8.97. The number of aryl methyl sites for hydroxylation is 2. The summed E-state index contributed by atoms with van der Waals surface area (Å²) in [6.45, 7) is 2.79. The molecule has 0 spiro atoms. The number of imidazole rings is 1. The van der Waals surface area contributed by atoms with Gasteiger partial charge < -0.3 is 4.57 Å². The summed E-state index contributed by atoms with van der Waals surface area (Å²) < 4.78 is 38.0. The molecule has 0 aliphatic rings. The molecule has 5 heteroatoms. The predicted octanol–water partition coefficient (Wildman–Crippen LogP) is 3.22. The summed E-state index contributed by atoms with van der Waals surface area (Å²) in [6.07, 6.45) is -2.98. The number of benzene rings is 1. The molecular formula is C11H11F3N2. The van der Waals surface area contributed by atoms with Crippen LogP contribution in [-0.2, 0) is 6.54 Å². The smallest absolute Gasteiger partial charge is 0.321 e. The quantitative estimate of drug-likeness (QED) is 0.732. The number of alkyl halides is 3. The van der Waals surface area contributed by atoms with Gasteiger partial charge in [-0.25, -0.2) is 4.98 Å². The second kappa shape index (κ2) is 3.50. The maximum atomic E-state index is 12.3. The van der Waals surface area contributed by atoms with E-state index in [0.29, 0.717) is 11.0 Å². The van der Waals surface area contributed by atoms with Gasteiger partial charge in [-0.15, -0.1) is 0 Å². The first-order valence-electron chi connectivity index (χ1n) is 4.86. The van der Waals surface area contributed by atoms with Gasteiger partial charge in [0.25, 0.3) is 0 Å². The van der Waals surface area contributed by atoms with Crippen molar-refractivity contribution in [3.05, 3.63) is 29.6 Å². The van der Waals surface area contributed by atoms with Crippen LogP contribution in [0.2, 0.25) is 0 Å². The average Bonchev–Trinajstić information content (AvgIpc) is 2.47. The number of hydrogen-bond acceptors (Lipinski definition) is 1. The lowest BCUT2D eigenvalue weighted by Crippen LogP contribution is -2.16. The minimum atomic E-state index is -4.22. The Bertz CT molecular complexity index is 526. The molecule has 2 aromatic rings. The molecule has 0 aliphatic heterocycles. The fourth-order valence-corrected chi connectivity index (χ4v) is 1.63. The van der Waals surface area contributed by atoms with Crippen molar-refractivity contribution in [1.29, 1.82) is 0 Å². The summed E-state index contributed by atoms with van der Waals surface area (Å²) in [5.74, 6) is 0. The normalized spacial score (nSPS) is 12.3. The van der Waals surface area contributed by atoms with Gasteiger partial charge >= 0.3 is 6.18 Å². The first-order chi connectivity index (χ1) is 7.37. The van der Waals surface area contributed by atoms with E-state index in [0.717, 1.165) is 15.7 Å². The number of aromatic nitrogens is 2. The molecule has 0 atom stereocenters. The molecule has 0 saturated heterocycles. The maximum absolute atomic E-state index is 12.3. The van der Waals surface area contributed by atoms with E-state index in [4.69, 9.17) is 0 Å². The van der Waals surface area contributed by atoms with E-state index in [9.17, 15) is 13.2 Å². The average molecular weight is 228 g/mol. The fraction of sp³-hybridized carbons (Fsp3) is 0.364. The highest BCUT2D eigenvalue weighted by molar-refractivity contribution is 5.77. The Morgan fingerprint density at radius 1 is 1.19 bits per heavy atom. The van der Waals surface area contributed by atoms with E-state index in [1.54, 1.807) is 12.1 Å². The molecule has 1 heterocycles. The summed E-state index contributed by atoms with van der Waals surface area (Å²) in [6, 6.07) is 3.54. The van der Waals surface area contributed by atoms with E-state index < -0.39 is 12.7 Å². The summed E-state index contributed by atoms with van der Waals surface area (Å²) in [7, 11) is 0. The van der Waals surface area contributed by atoms with Crippen molar-refractivity contribution in [3.8, 4) is 0 Å². The predicted molar refractivity (Wildman–Crippen MR) is 55.3 cm³/mol. The van der Waals surface area contributed by atoms with Crippen molar-refractivity contribution in [2.24, 2.45) is 0 Å². The van der Waals surface area contributed by atoms with Crippen molar-refractivity contribution in [1.82, 2.24) is 9.55 Å². The van der Waals surface area contributed by atoms with E-state index in [-0.39, 0.29) is 0 Å². The Kier molecular flexibility index (Phi) is 2.40. The highest BCUT2D eigenvalue weighted by atomic mass is 19.4. The Labute approximate surface area is 90.7 Å². The van der Waals surface area contributed by atoms with Crippen LogP contribution in [0.25, 0.3) is 11.0 Å². The lowest BCUT2D eigenvalue weighted by Gasteiger charge is -2.08. The monoisotopic (exact) mass is 228 g/mol. The van der Waals surface area contributed by atoms with E-state index >= 15 is 0 Å². The zero-order chi connectivity index (χ0) is 11.9. The van der Waals surface area contributed by atoms with Gasteiger partial charge in [0.15, 0.2) is 0 Å². The number of halogens is 3. The van der Waals surface area contributed by atoms with Crippen LogP contribution in [0.15, 0.2) is 18.5 Å². The van der Waals surface area contributed by atoms with Crippen LogP contribution in [0.3, 0.4) is 0 Å². The van der Waals surface area contributed by atoms with E-state index in [1.807, 2.05) is 13.8 Å². The Morgan fingerprint density at radius 3 is 2.44 bits per heavy atom. The first kappa shape index (κ1) is 11.0. The van der Waals surface area contributed by atoms with Crippen LogP contribution in [0.4, 0.5) is 13.2 Å². The van der Waals surface area contributed by atoms with Crippen LogP contribution in [0, 0.1) is 13.8 Å². The summed E-state index contributed by atoms with van der Waals surface area (Å²) in [5.41, 5.74) is 3.13. The second-order valence-corrected chi connectivity index (χ2v) is 3.91. The third kappa shape index (κ3) is 2.03. The van der Waals surface area contributed by atoms with Crippen molar-refractivity contribution in [2.75, 3.05) is 0 Å². The van der Waals surface area contributed by atoms with Crippen LogP contribution in [-0.4, -0.2) is 15.7 Å². The Balaban J connectivity index is 2.52. The number of rotatable bonds is 1. The van der Waals surface area contributed by atoms with Gasteiger partial charge in [0.2, 0.25) is 0 Å². The molecule has 0 N–H and O–H groups in total. The highest BCUT2D eigenvalue weighted by Crippen LogP contribution is 2.23. The molecule has 0 aliphatic carbocycles. The van der Waals surface area contributed by atoms with Crippen molar-refractivity contribution in [3.63, 3.8) is 0 Å². The fourth-order valence-electron chi connectivity index (χ4n) is 1.63. The van der Waals surface area contributed by atoms with Gasteiger partial charge in [-0.3, -0.25) is 0 Å². The van der Waals surface area contributed by atoms with E-state index in [1.165, 1.54) is 6.33 Å². The molecular weight excluding hydrogens is 217 g/mol. The van der Waals surface area contributed by atoms with Crippen LogP contribution < -0.4 is 0 Å². The third-order valence-corrected chi connectivity index (χ3v) is 2.59. The maximum Gasteiger partial charge on any atom is 0.406 e. The Hall–Kier alpha value is -1.52. The summed E-state index contributed by atoms with van der Waals surface area (Å²) >= 11 is 0. The van der Waals surface area contributed by atoms with Crippen molar-refractivity contribution in [2.45, 2.75) is 26.6 Å². The van der Waals surface area contributed by atoms with Gasteiger partial charge in [-0.2, -0.15) is 13.2 Å². The highest BCUT2D eigenvalue weighted by Gasteiger charge is 2.28. The van der Waals surface area contributed by atoms with Gasteiger partial charge in [0, 0.05) is 0 Å². The summed E-state index contributed by atoms with van der Waals surface area (Å²) in [4.78, 5) is 3.97. The molecule has 1 aromatic carbocycles. The van der Waals surface area contributed by atoms with Crippen molar-refractivity contribution >= 4 is 11.0 Å². The molecule has 1 aromatic heterocycles. The largest absolute Gasteiger partial charge is 0.406 e. The Morgan fingerprint density at radius 2 is 1.81 bits per heavy atom. The third-order valence-electron chi connectivity index (χ3n) is 2.59. The lowest BCUT2D eigenvalue weighted by atomic mass is 10.1. The minimum absolute atomic E-state index is 0.528. The SMILES string of the molecule is Cc1cc2ncn(CC(F)(F)F)c2cc1C. The van der Waals surface area contributed by atoms with Gasteiger partial charge in [-0.05, 0) is 37.1 Å². The lowest BCUT2D eigenvalue weighted by molar-refractivity contribution is -0.139. The zero-order valence-electron chi connectivity index (χ0n) is 8.97. The number of fused-ring (bicyclic) bond motifs is 1. The molecule has 0 saturated carbocycles. The molecule has 16 heavy (non-hydrogen) atoms. The first-order valence-corrected chi connectivity index (χ1v) is 4.86. The minimum Gasteiger partial charge on any atom is -0.321 e. The standard InChI is InChI=1S/C11H11F3N2/c1-7-3-9-10(4-8(7)2)16(6-15-9)5-11(12,13)14/h3-4,6H,5H2,1-2H3. The molecule has 0 unspecified atom stereocenters. The molecule has 0 fully saturated rings. The van der Waals surface area contributed by atoms with E-state index in [2.05, 4.69) is 4.98 Å². The topological polar surface area (TPSA) is 17.8 Å². The summed E-state index contributed by atoms with van der Waals surface area (Å²) in [5, 5.41) is 0. The van der Waals surface area contributed by atoms with Gasteiger partial charge in [0.05, 0.1) is 17.4 Å². The molecule has 86 valence electrons. The van der Waals surface area contributed by atoms with Crippen LogP contribution in [0.1, 0.15) is 11.1 Å². The van der Waals surface area contributed by atoms with Crippen LogP contribution >= 0.6 is 0 Å². The molecule has 2 rings (SSSR count). The van der Waals surface area contributed by atoms with Gasteiger partial charge in [0.1, 0.15) is 6.54 Å². The molecule has 0 amide bonds. The van der Waals surface area contributed by atoms with Gasteiger partial charge in [-0.1, -0.05) is 0 Å². The second-order valence-electron chi connectivity index (χ2n) is 3.91. The van der Waals surface area contributed by atoms with Crippen molar-refractivity contribution < 1.29 is 13.2 Å². The molecule has 2 nitrogen and oxygen atoms in total. The number of hydrogen-bond donors (Lipinski definition) is 0. The molecule has 0 bridgehead atoms.